The molecular weight excluding hydrogens is 308 g/mol. The normalized spacial score (nSPS) is 10.5. The molecule has 1 aromatic heterocycles. The number of carbonyl (C=O) groups excluding carboxylic acids is 1. The molecule has 0 atom stereocenters. The molecule has 1 heterocycles. The van der Waals surface area contributed by atoms with Gasteiger partial charge in [0.2, 0.25) is 5.88 Å². The van der Waals surface area contributed by atoms with E-state index in [0.717, 1.165) is 21.2 Å². The van der Waals surface area contributed by atoms with Crippen LogP contribution in [-0.4, -0.2) is 15.7 Å². The predicted octanol–water partition coefficient (Wildman–Crippen LogP) is 4.26. The van der Waals surface area contributed by atoms with Gasteiger partial charge in [-0.05, 0) is 31.2 Å². The lowest BCUT2D eigenvalue weighted by Crippen LogP contribution is -2.07. The van der Waals surface area contributed by atoms with E-state index >= 15 is 0 Å². The van der Waals surface area contributed by atoms with Gasteiger partial charge in [-0.1, -0.05) is 48.2 Å². The van der Waals surface area contributed by atoms with E-state index in [1.165, 1.54) is 18.7 Å². The van der Waals surface area contributed by atoms with Gasteiger partial charge in [0.25, 0.3) is 0 Å². The zero-order chi connectivity index (χ0) is 16.2. The fraction of sp³-hybridized carbons (Fsp3) is 0.111. The summed E-state index contributed by atoms with van der Waals surface area (Å²) in [5.41, 5.74) is 1.67. The number of nitrogens with zero attached hydrogens (tertiary/aromatic N) is 2. The molecule has 5 heteroatoms. The maximum Gasteiger partial charge on any atom is 0.309 e. The molecule has 0 aliphatic heterocycles. The van der Waals surface area contributed by atoms with Gasteiger partial charge in [0.05, 0.1) is 16.3 Å². The minimum Gasteiger partial charge on any atom is -0.406 e. The highest BCUT2D eigenvalue weighted by Gasteiger charge is 2.20. The Morgan fingerprint density at radius 2 is 1.65 bits per heavy atom. The number of ether oxygens (including phenoxy) is 1. The molecule has 3 rings (SSSR count). The molecule has 0 bridgehead atoms. The Hall–Kier alpha value is -2.53. The third-order valence-corrected chi connectivity index (χ3v) is 4.35. The highest BCUT2D eigenvalue weighted by molar-refractivity contribution is 7.99. The van der Waals surface area contributed by atoms with Crippen LogP contribution in [0.5, 0.6) is 5.88 Å². The van der Waals surface area contributed by atoms with Gasteiger partial charge in [0, 0.05) is 11.8 Å². The summed E-state index contributed by atoms with van der Waals surface area (Å²) >= 11 is 1.54. The van der Waals surface area contributed by atoms with Crippen molar-refractivity contribution in [2.24, 2.45) is 0 Å². The smallest absolute Gasteiger partial charge is 0.309 e. The number of aromatic nitrogens is 2. The number of hydrogen-bond acceptors (Lipinski definition) is 4. The summed E-state index contributed by atoms with van der Waals surface area (Å²) in [6, 6.07) is 19.6. The lowest BCUT2D eigenvalue weighted by Gasteiger charge is -2.08. The van der Waals surface area contributed by atoms with E-state index in [0.29, 0.717) is 5.88 Å². The average Bonchev–Trinajstić information content (AvgIpc) is 2.85. The van der Waals surface area contributed by atoms with Crippen molar-refractivity contribution in [2.45, 2.75) is 23.6 Å². The van der Waals surface area contributed by atoms with Gasteiger partial charge < -0.3 is 4.74 Å². The highest BCUT2D eigenvalue weighted by Crippen LogP contribution is 2.38. The second kappa shape index (κ2) is 6.71. The number of benzene rings is 2. The van der Waals surface area contributed by atoms with Crippen molar-refractivity contribution in [1.29, 1.82) is 0 Å². The first kappa shape index (κ1) is 15.4. The van der Waals surface area contributed by atoms with Crippen LogP contribution in [0.1, 0.15) is 12.6 Å². The summed E-state index contributed by atoms with van der Waals surface area (Å²) < 4.78 is 7.13. The van der Waals surface area contributed by atoms with Crippen LogP contribution in [0.15, 0.2) is 70.5 Å². The summed E-state index contributed by atoms with van der Waals surface area (Å²) in [6.45, 7) is 3.31. The van der Waals surface area contributed by atoms with E-state index in [4.69, 9.17) is 4.74 Å². The van der Waals surface area contributed by atoms with Gasteiger partial charge in [-0.25, -0.2) is 0 Å². The molecule has 0 spiro atoms. The zero-order valence-corrected chi connectivity index (χ0v) is 13.7. The van der Waals surface area contributed by atoms with Gasteiger partial charge in [0.15, 0.2) is 0 Å². The first-order chi connectivity index (χ1) is 11.1. The number of aryl methyl sites for hydroxylation is 1. The van der Waals surface area contributed by atoms with Crippen LogP contribution in [0.2, 0.25) is 0 Å². The first-order valence-corrected chi connectivity index (χ1v) is 8.03. The number of carbonyl (C=O) groups is 1. The summed E-state index contributed by atoms with van der Waals surface area (Å²) in [5, 5.41) is 4.55. The van der Waals surface area contributed by atoms with E-state index in [2.05, 4.69) is 5.10 Å². The van der Waals surface area contributed by atoms with E-state index in [-0.39, 0.29) is 5.97 Å². The van der Waals surface area contributed by atoms with E-state index in [1.807, 2.05) is 67.6 Å². The topological polar surface area (TPSA) is 44.1 Å². The predicted molar refractivity (Wildman–Crippen MR) is 90.2 cm³/mol. The van der Waals surface area contributed by atoms with Gasteiger partial charge in [-0.15, -0.1) is 0 Å². The minimum atomic E-state index is -0.364. The lowest BCUT2D eigenvalue weighted by atomic mass is 10.3. The maximum absolute atomic E-state index is 11.5. The molecule has 23 heavy (non-hydrogen) atoms. The number of rotatable bonds is 4. The molecular formula is C18H16N2O2S. The second-order valence-corrected chi connectivity index (χ2v) is 6.06. The third kappa shape index (κ3) is 3.46. The Labute approximate surface area is 139 Å². The van der Waals surface area contributed by atoms with Crippen LogP contribution in [0.3, 0.4) is 0 Å². The quantitative estimate of drug-likeness (QED) is 0.673. The lowest BCUT2D eigenvalue weighted by molar-refractivity contribution is -0.132. The van der Waals surface area contributed by atoms with Gasteiger partial charge >= 0.3 is 5.97 Å². The summed E-state index contributed by atoms with van der Waals surface area (Å²) in [4.78, 5) is 13.4. The third-order valence-electron chi connectivity index (χ3n) is 3.17. The standard InChI is InChI=1S/C18H16N2O2S/c1-13-17(23-16-11-7-4-8-12-16)18(22-14(2)21)20(19-13)15-9-5-3-6-10-15/h3-12H,1-2H3. The summed E-state index contributed by atoms with van der Waals surface area (Å²) in [5.74, 6) is 0.0899. The summed E-state index contributed by atoms with van der Waals surface area (Å²) in [7, 11) is 0. The Morgan fingerprint density at radius 3 is 2.26 bits per heavy atom. The van der Waals surface area contributed by atoms with Crippen LogP contribution in [-0.2, 0) is 4.79 Å². The van der Waals surface area contributed by atoms with Gasteiger partial charge in [-0.3, -0.25) is 4.79 Å². The number of esters is 1. The van der Waals surface area contributed by atoms with Crippen LogP contribution in [0.25, 0.3) is 5.69 Å². The molecule has 3 aromatic rings. The molecule has 0 radical (unpaired) electrons. The Kier molecular flexibility index (Phi) is 4.48. The molecule has 0 amide bonds. The fourth-order valence-corrected chi connectivity index (χ4v) is 3.12. The molecule has 0 aliphatic rings. The van der Waals surface area contributed by atoms with Crippen LogP contribution >= 0.6 is 11.8 Å². The van der Waals surface area contributed by atoms with Crippen molar-refractivity contribution in [2.75, 3.05) is 0 Å². The van der Waals surface area contributed by atoms with Crippen LogP contribution in [0.4, 0.5) is 0 Å². The van der Waals surface area contributed by atoms with Crippen molar-refractivity contribution >= 4 is 17.7 Å². The van der Waals surface area contributed by atoms with Crippen molar-refractivity contribution in [3.8, 4) is 11.6 Å². The van der Waals surface area contributed by atoms with Crippen molar-refractivity contribution in [3.63, 3.8) is 0 Å². The second-order valence-electron chi connectivity index (χ2n) is 4.98. The molecule has 116 valence electrons. The van der Waals surface area contributed by atoms with Crippen LogP contribution < -0.4 is 4.74 Å². The van der Waals surface area contributed by atoms with Crippen LogP contribution in [0, 0.1) is 6.92 Å². The minimum absolute atomic E-state index is 0.364. The van der Waals surface area contributed by atoms with Gasteiger partial charge in [-0.2, -0.15) is 9.78 Å². The molecule has 0 N–H and O–H groups in total. The van der Waals surface area contributed by atoms with E-state index in [1.54, 1.807) is 4.68 Å². The van der Waals surface area contributed by atoms with Crippen molar-refractivity contribution in [1.82, 2.24) is 9.78 Å². The van der Waals surface area contributed by atoms with Crippen molar-refractivity contribution < 1.29 is 9.53 Å². The first-order valence-electron chi connectivity index (χ1n) is 7.21. The van der Waals surface area contributed by atoms with E-state index in [9.17, 15) is 4.79 Å². The van der Waals surface area contributed by atoms with Gasteiger partial charge in [0.1, 0.15) is 0 Å². The molecule has 0 aliphatic carbocycles. The molecule has 0 unspecified atom stereocenters. The fourth-order valence-electron chi connectivity index (χ4n) is 2.19. The number of para-hydroxylation sites is 1. The molecule has 2 aromatic carbocycles. The molecule has 0 saturated carbocycles. The zero-order valence-electron chi connectivity index (χ0n) is 12.9. The monoisotopic (exact) mass is 324 g/mol. The Morgan fingerprint density at radius 1 is 1.04 bits per heavy atom. The average molecular weight is 324 g/mol. The van der Waals surface area contributed by atoms with Crippen molar-refractivity contribution in [3.05, 3.63) is 66.4 Å². The Bertz CT molecular complexity index is 814. The Balaban J connectivity index is 2.08. The van der Waals surface area contributed by atoms with E-state index < -0.39 is 0 Å². The molecule has 0 saturated heterocycles. The largest absolute Gasteiger partial charge is 0.406 e. The number of hydrogen-bond donors (Lipinski definition) is 0. The maximum atomic E-state index is 11.5. The highest BCUT2D eigenvalue weighted by atomic mass is 32.2. The molecule has 4 nitrogen and oxygen atoms in total. The molecule has 0 fully saturated rings. The SMILES string of the molecule is CC(=O)Oc1c(Sc2ccccc2)c(C)nn1-c1ccccc1. The summed E-state index contributed by atoms with van der Waals surface area (Å²) in [6.07, 6.45) is 0.